The first-order chi connectivity index (χ1) is 10.6. The van der Waals surface area contributed by atoms with Gasteiger partial charge in [-0.15, -0.1) is 0 Å². The normalized spacial score (nSPS) is 10.1. The highest BCUT2D eigenvalue weighted by Crippen LogP contribution is 2.36. The Kier molecular flexibility index (Phi) is 6.81. The molecule has 0 aliphatic heterocycles. The van der Waals surface area contributed by atoms with E-state index >= 15 is 0 Å². The highest BCUT2D eigenvalue weighted by molar-refractivity contribution is 9.10. The molecule has 2 aromatic rings. The zero-order chi connectivity index (χ0) is 15.9. The molecule has 0 radical (unpaired) electrons. The van der Waals surface area contributed by atoms with Crippen LogP contribution >= 0.6 is 53.8 Å². The van der Waals surface area contributed by atoms with Crippen LogP contribution < -0.4 is 8.61 Å². The van der Waals surface area contributed by atoms with Gasteiger partial charge < -0.3 is 0 Å². The minimum Gasteiger partial charge on any atom is -0.277 e. The van der Waals surface area contributed by atoms with Crippen molar-refractivity contribution in [3.8, 4) is 0 Å². The lowest BCUT2D eigenvalue weighted by molar-refractivity contribution is -0.107. The van der Waals surface area contributed by atoms with Crippen molar-refractivity contribution < 1.29 is 9.59 Å². The lowest BCUT2D eigenvalue weighted by atomic mass is 10.3. The van der Waals surface area contributed by atoms with Crippen molar-refractivity contribution >= 4 is 78.0 Å². The molecule has 0 fully saturated rings. The summed E-state index contributed by atoms with van der Waals surface area (Å²) in [7, 11) is 2.31. The lowest BCUT2D eigenvalue weighted by Crippen LogP contribution is -2.15. The molecule has 2 amide bonds. The van der Waals surface area contributed by atoms with Crippen molar-refractivity contribution in [1.82, 2.24) is 0 Å². The van der Waals surface area contributed by atoms with Crippen molar-refractivity contribution in [2.24, 2.45) is 0 Å². The predicted molar refractivity (Wildman–Crippen MR) is 101 cm³/mol. The van der Waals surface area contributed by atoms with Gasteiger partial charge in [-0.3, -0.25) is 9.59 Å². The molecule has 0 aliphatic rings. The third-order valence-corrected chi connectivity index (χ3v) is 5.64. The average Bonchev–Trinajstić information content (AvgIpc) is 2.52. The number of anilines is 2. The van der Waals surface area contributed by atoms with Gasteiger partial charge in [0.05, 0.1) is 33.3 Å². The first-order valence-electron chi connectivity index (χ1n) is 5.99. The molecule has 114 valence electrons. The molecule has 8 heteroatoms. The molecule has 4 nitrogen and oxygen atoms in total. The van der Waals surface area contributed by atoms with Gasteiger partial charge in [0, 0.05) is 8.95 Å². The summed E-state index contributed by atoms with van der Waals surface area (Å²) in [5.41, 5.74) is 1.45. The fourth-order valence-electron chi connectivity index (χ4n) is 1.54. The first-order valence-corrected chi connectivity index (χ1v) is 9.64. The van der Waals surface area contributed by atoms with Gasteiger partial charge >= 0.3 is 0 Å². The van der Waals surface area contributed by atoms with E-state index in [0.29, 0.717) is 12.8 Å². The van der Waals surface area contributed by atoms with Gasteiger partial charge in [0.25, 0.3) is 0 Å². The average molecular weight is 462 g/mol. The summed E-state index contributed by atoms with van der Waals surface area (Å²) in [4.78, 5) is 22.5. The molecule has 0 heterocycles. The number of hydrogen-bond acceptors (Lipinski definition) is 4. The molecule has 0 unspecified atom stereocenters. The topological polar surface area (TPSA) is 40.6 Å². The van der Waals surface area contributed by atoms with E-state index in [1.54, 1.807) is 0 Å². The molecule has 0 atom stereocenters. The monoisotopic (exact) mass is 460 g/mol. The number of carbonyl (C=O) groups excluding carboxylic acids is 2. The van der Waals surface area contributed by atoms with Gasteiger partial charge in [-0.2, -0.15) is 0 Å². The second-order valence-corrected chi connectivity index (χ2v) is 7.78. The Hall–Kier alpha value is -0.960. The highest BCUT2D eigenvalue weighted by Gasteiger charge is 2.12. The number of carbonyl (C=O) groups is 2. The standard InChI is InChI=1S/C14H10Br2N2O2S2/c15-11-3-1-5-13(7-11)17(9-19)21-22-18(10-20)14-6-2-4-12(16)8-14/h1-10H. The Balaban J connectivity index is 2.08. The van der Waals surface area contributed by atoms with Crippen LogP contribution in [0.4, 0.5) is 11.4 Å². The van der Waals surface area contributed by atoms with Crippen molar-refractivity contribution in [3.05, 3.63) is 57.5 Å². The van der Waals surface area contributed by atoms with Gasteiger partial charge in [0.1, 0.15) is 0 Å². The van der Waals surface area contributed by atoms with Crippen LogP contribution in [-0.4, -0.2) is 12.8 Å². The van der Waals surface area contributed by atoms with Gasteiger partial charge in [0.15, 0.2) is 0 Å². The number of hydrogen-bond donors (Lipinski definition) is 0. The molecule has 0 N–H and O–H groups in total. The third kappa shape index (κ3) is 4.77. The third-order valence-electron chi connectivity index (χ3n) is 2.51. The van der Waals surface area contributed by atoms with Crippen molar-refractivity contribution in [1.29, 1.82) is 0 Å². The quantitative estimate of drug-likeness (QED) is 0.328. The zero-order valence-electron chi connectivity index (χ0n) is 11.1. The van der Waals surface area contributed by atoms with Gasteiger partial charge in [0.2, 0.25) is 12.8 Å². The second kappa shape index (κ2) is 8.61. The summed E-state index contributed by atoms with van der Waals surface area (Å²) < 4.78 is 4.65. The maximum Gasteiger partial charge on any atom is 0.224 e. The molecule has 22 heavy (non-hydrogen) atoms. The van der Waals surface area contributed by atoms with E-state index < -0.39 is 0 Å². The highest BCUT2D eigenvalue weighted by atomic mass is 79.9. The minimum absolute atomic E-state index is 0.712. The Morgan fingerprint density at radius 2 is 1.18 bits per heavy atom. The molecular weight excluding hydrogens is 452 g/mol. The van der Waals surface area contributed by atoms with Crippen LogP contribution in [-0.2, 0) is 9.59 Å². The largest absolute Gasteiger partial charge is 0.277 e. The number of rotatable bonds is 7. The fourth-order valence-corrected chi connectivity index (χ4v) is 4.09. The second-order valence-electron chi connectivity index (χ2n) is 3.97. The van der Waals surface area contributed by atoms with Crippen LogP contribution in [0, 0.1) is 0 Å². The Labute approximate surface area is 153 Å². The van der Waals surface area contributed by atoms with Crippen LogP contribution in [0.25, 0.3) is 0 Å². The van der Waals surface area contributed by atoms with Crippen LogP contribution in [0.3, 0.4) is 0 Å². The summed E-state index contributed by atoms with van der Waals surface area (Å²) in [5, 5.41) is 0. The Morgan fingerprint density at radius 3 is 1.50 bits per heavy atom. The van der Waals surface area contributed by atoms with Gasteiger partial charge in [-0.1, -0.05) is 44.0 Å². The first kappa shape index (κ1) is 17.4. The fraction of sp³-hybridized carbons (Fsp3) is 0. The molecule has 0 aliphatic carbocycles. The number of benzene rings is 2. The van der Waals surface area contributed by atoms with Crippen LogP contribution in [0.15, 0.2) is 57.5 Å². The van der Waals surface area contributed by atoms with E-state index in [2.05, 4.69) is 31.9 Å². The number of halogens is 2. The van der Waals surface area contributed by atoms with E-state index in [0.717, 1.165) is 42.3 Å². The zero-order valence-corrected chi connectivity index (χ0v) is 15.9. The maximum absolute atomic E-state index is 11.3. The summed E-state index contributed by atoms with van der Waals surface area (Å²) in [5.74, 6) is 0. The summed E-state index contributed by atoms with van der Waals surface area (Å²) in [6, 6.07) is 14.7. The van der Waals surface area contributed by atoms with Crippen LogP contribution in [0.1, 0.15) is 0 Å². The van der Waals surface area contributed by atoms with E-state index in [9.17, 15) is 9.59 Å². The van der Waals surface area contributed by atoms with Crippen LogP contribution in [0.2, 0.25) is 0 Å². The Bertz CT molecular complexity index is 615. The molecule has 2 aromatic carbocycles. The smallest absolute Gasteiger partial charge is 0.224 e. The predicted octanol–water partition coefficient (Wildman–Crippen LogP) is 5.05. The van der Waals surface area contributed by atoms with Gasteiger partial charge in [-0.05, 0) is 36.4 Å². The molecule has 2 rings (SSSR count). The minimum atomic E-state index is 0.712. The van der Waals surface area contributed by atoms with E-state index in [1.165, 1.54) is 8.61 Å². The van der Waals surface area contributed by atoms with Crippen LogP contribution in [0.5, 0.6) is 0 Å². The lowest BCUT2D eigenvalue weighted by Gasteiger charge is -2.20. The molecule has 0 saturated heterocycles. The van der Waals surface area contributed by atoms with E-state index in [1.807, 2.05) is 48.5 Å². The van der Waals surface area contributed by atoms with E-state index in [-0.39, 0.29) is 0 Å². The number of amides is 2. The van der Waals surface area contributed by atoms with Crippen molar-refractivity contribution in [2.45, 2.75) is 0 Å². The maximum atomic E-state index is 11.3. The molecule has 0 bridgehead atoms. The van der Waals surface area contributed by atoms with Crippen molar-refractivity contribution in [2.75, 3.05) is 8.61 Å². The molecule has 0 spiro atoms. The molecule has 0 saturated carbocycles. The molecule has 0 aromatic heterocycles. The molecular formula is C14H10Br2N2O2S2. The SMILES string of the molecule is O=CN(SSN(C=O)c1cccc(Br)c1)c1cccc(Br)c1. The summed E-state index contributed by atoms with van der Waals surface area (Å²) in [6.07, 6.45) is 1.42. The van der Waals surface area contributed by atoms with Crippen molar-refractivity contribution in [3.63, 3.8) is 0 Å². The van der Waals surface area contributed by atoms with E-state index in [4.69, 9.17) is 0 Å². The number of nitrogens with zero attached hydrogens (tertiary/aromatic N) is 2. The summed E-state index contributed by atoms with van der Waals surface area (Å²) in [6.45, 7) is 0. The Morgan fingerprint density at radius 1 is 0.773 bits per heavy atom. The summed E-state index contributed by atoms with van der Waals surface area (Å²) >= 11 is 6.74. The van der Waals surface area contributed by atoms with Gasteiger partial charge in [-0.25, -0.2) is 8.61 Å².